The number of nitrogens with two attached hydrogens (primary N) is 1. The molecule has 0 aromatic carbocycles. The fraction of sp³-hybridized carbons (Fsp3) is 0.857. The lowest BCUT2D eigenvalue weighted by Gasteiger charge is -2.49. The summed E-state index contributed by atoms with van der Waals surface area (Å²) in [4.78, 5) is 26.5. The molecule has 4 atom stereocenters. The van der Waals surface area contributed by atoms with Crippen molar-refractivity contribution in [3.8, 4) is 0 Å². The first kappa shape index (κ1) is 11.9. The quantitative estimate of drug-likeness (QED) is 0.697. The number of rotatable bonds is 1. The number of carbonyl (C=O) groups is 2. The van der Waals surface area contributed by atoms with Crippen LogP contribution in [0, 0.1) is 11.3 Å². The lowest BCUT2D eigenvalue weighted by molar-refractivity contribution is -0.156. The monoisotopic (exact) mass is 264 g/mol. The van der Waals surface area contributed by atoms with Crippen molar-refractivity contribution in [2.24, 2.45) is 17.1 Å². The van der Waals surface area contributed by atoms with E-state index in [1.54, 1.807) is 0 Å². The number of fused-ring (bicyclic) bond motifs is 1. The molecular formula is C14H20N2O3. The molecule has 4 rings (SSSR count). The summed E-state index contributed by atoms with van der Waals surface area (Å²) in [5.74, 6) is 0.344. The zero-order valence-electron chi connectivity index (χ0n) is 11.0. The number of nitrogens with zero attached hydrogens (tertiary/aromatic N) is 1. The minimum absolute atomic E-state index is 0.000506. The fourth-order valence-corrected chi connectivity index (χ4v) is 4.60. The molecule has 5 heteroatoms. The molecule has 2 N–H and O–H groups in total. The number of imide groups is 1. The maximum atomic E-state index is 12.7. The molecule has 4 unspecified atom stereocenters. The number of hydrogen-bond donors (Lipinski definition) is 1. The SMILES string of the molecule is NC1C2CCOC2C1N1C(=O)CC2(CCCC2)C1=O. The molecule has 0 aromatic heterocycles. The summed E-state index contributed by atoms with van der Waals surface area (Å²) in [6.45, 7) is 0.709. The van der Waals surface area contributed by atoms with Crippen LogP contribution in [0.5, 0.6) is 0 Å². The summed E-state index contributed by atoms with van der Waals surface area (Å²) in [6.07, 6.45) is 5.21. The van der Waals surface area contributed by atoms with Crippen LogP contribution in [0.4, 0.5) is 0 Å². The molecule has 2 heterocycles. The van der Waals surface area contributed by atoms with Crippen molar-refractivity contribution in [2.45, 2.75) is 56.7 Å². The fourth-order valence-electron chi connectivity index (χ4n) is 4.60. The molecule has 2 saturated carbocycles. The van der Waals surface area contributed by atoms with Crippen molar-refractivity contribution < 1.29 is 14.3 Å². The van der Waals surface area contributed by atoms with Gasteiger partial charge in [-0.05, 0) is 19.3 Å². The summed E-state index contributed by atoms with van der Waals surface area (Å²) in [6, 6.07) is -0.288. The van der Waals surface area contributed by atoms with Crippen molar-refractivity contribution in [3.63, 3.8) is 0 Å². The van der Waals surface area contributed by atoms with Crippen LogP contribution in [0.15, 0.2) is 0 Å². The Morgan fingerprint density at radius 2 is 2.00 bits per heavy atom. The van der Waals surface area contributed by atoms with Crippen molar-refractivity contribution in [3.05, 3.63) is 0 Å². The number of carbonyl (C=O) groups excluding carboxylic acids is 2. The zero-order valence-corrected chi connectivity index (χ0v) is 11.0. The van der Waals surface area contributed by atoms with Crippen LogP contribution in [0.3, 0.4) is 0 Å². The van der Waals surface area contributed by atoms with E-state index in [0.29, 0.717) is 18.9 Å². The van der Waals surface area contributed by atoms with Gasteiger partial charge in [-0.25, -0.2) is 0 Å². The lowest BCUT2D eigenvalue weighted by Crippen LogP contribution is -2.70. The molecule has 0 radical (unpaired) electrons. The number of hydrogen-bond acceptors (Lipinski definition) is 4. The Hall–Kier alpha value is -0.940. The highest BCUT2D eigenvalue weighted by atomic mass is 16.5. The molecule has 1 spiro atoms. The minimum Gasteiger partial charge on any atom is -0.376 e. The summed E-state index contributed by atoms with van der Waals surface area (Å²) in [7, 11) is 0. The zero-order chi connectivity index (χ0) is 13.2. The predicted molar refractivity (Wildman–Crippen MR) is 67.0 cm³/mol. The highest BCUT2D eigenvalue weighted by molar-refractivity contribution is 6.06. The largest absolute Gasteiger partial charge is 0.376 e. The highest BCUT2D eigenvalue weighted by Crippen LogP contribution is 2.50. The Bertz CT molecular complexity index is 444. The van der Waals surface area contributed by atoms with E-state index in [9.17, 15) is 9.59 Å². The van der Waals surface area contributed by atoms with Crippen LogP contribution in [-0.2, 0) is 14.3 Å². The Kier molecular flexibility index (Phi) is 2.37. The Morgan fingerprint density at radius 1 is 1.26 bits per heavy atom. The van der Waals surface area contributed by atoms with Crippen LogP contribution in [-0.4, -0.2) is 41.5 Å². The summed E-state index contributed by atoms with van der Waals surface area (Å²) in [5.41, 5.74) is 5.78. The molecule has 2 amide bonds. The maximum absolute atomic E-state index is 12.7. The second-order valence-corrected chi connectivity index (χ2v) is 6.59. The van der Waals surface area contributed by atoms with E-state index in [2.05, 4.69) is 0 Å². The predicted octanol–water partition coefficient (Wildman–Crippen LogP) is 0.420. The summed E-state index contributed by atoms with van der Waals surface area (Å²) < 4.78 is 5.67. The van der Waals surface area contributed by atoms with Crippen LogP contribution in [0.25, 0.3) is 0 Å². The lowest BCUT2D eigenvalue weighted by atomic mass is 9.71. The third-order valence-corrected chi connectivity index (χ3v) is 5.70. The van der Waals surface area contributed by atoms with E-state index in [1.165, 1.54) is 4.90 Å². The van der Waals surface area contributed by atoms with Crippen LogP contribution in [0.1, 0.15) is 38.5 Å². The third-order valence-electron chi connectivity index (χ3n) is 5.70. The van der Waals surface area contributed by atoms with Gasteiger partial charge in [0.25, 0.3) is 0 Å². The molecule has 4 fully saturated rings. The molecule has 2 aliphatic carbocycles. The van der Waals surface area contributed by atoms with Gasteiger partial charge in [-0.15, -0.1) is 0 Å². The van der Waals surface area contributed by atoms with Crippen LogP contribution < -0.4 is 5.73 Å². The number of ether oxygens (including phenoxy) is 1. The van der Waals surface area contributed by atoms with Gasteiger partial charge in [-0.3, -0.25) is 14.5 Å². The number of likely N-dealkylation sites (tertiary alicyclic amines) is 1. The minimum atomic E-state index is -0.388. The van der Waals surface area contributed by atoms with E-state index in [4.69, 9.17) is 10.5 Å². The average Bonchev–Trinajstić information content (AvgIpc) is 3.06. The Balaban J connectivity index is 1.61. The smallest absolute Gasteiger partial charge is 0.236 e. The number of amides is 2. The topological polar surface area (TPSA) is 72.6 Å². The normalized spacial score (nSPS) is 43.9. The first-order valence-corrected chi connectivity index (χ1v) is 7.38. The molecule has 2 saturated heterocycles. The highest BCUT2D eigenvalue weighted by Gasteiger charge is 2.62. The second-order valence-electron chi connectivity index (χ2n) is 6.59. The van der Waals surface area contributed by atoms with Gasteiger partial charge >= 0.3 is 0 Å². The molecule has 4 aliphatic rings. The average molecular weight is 264 g/mol. The van der Waals surface area contributed by atoms with Gasteiger partial charge in [0.05, 0.1) is 17.6 Å². The van der Waals surface area contributed by atoms with Crippen molar-refractivity contribution >= 4 is 11.8 Å². The molecule has 2 aliphatic heterocycles. The van der Waals surface area contributed by atoms with Gasteiger partial charge in [0.15, 0.2) is 0 Å². The van der Waals surface area contributed by atoms with E-state index in [-0.39, 0.29) is 35.4 Å². The molecule has 5 nitrogen and oxygen atoms in total. The standard InChI is InChI=1S/C14H20N2O3/c15-10-8-3-6-19-12(8)11(10)16-9(17)7-14(13(16)18)4-1-2-5-14/h8,10-12H,1-7,15H2. The molecule has 19 heavy (non-hydrogen) atoms. The van der Waals surface area contributed by atoms with Gasteiger partial charge in [0, 0.05) is 25.0 Å². The summed E-state index contributed by atoms with van der Waals surface area (Å²) in [5, 5.41) is 0. The second kappa shape index (κ2) is 3.79. The van der Waals surface area contributed by atoms with Crippen molar-refractivity contribution in [1.82, 2.24) is 4.90 Å². The van der Waals surface area contributed by atoms with Gasteiger partial charge in [-0.1, -0.05) is 12.8 Å². The molecule has 0 aromatic rings. The summed E-state index contributed by atoms with van der Waals surface area (Å²) >= 11 is 0. The molecular weight excluding hydrogens is 244 g/mol. The van der Waals surface area contributed by atoms with Crippen LogP contribution >= 0.6 is 0 Å². The first-order chi connectivity index (χ1) is 9.14. The van der Waals surface area contributed by atoms with Crippen LogP contribution in [0.2, 0.25) is 0 Å². The Morgan fingerprint density at radius 3 is 2.74 bits per heavy atom. The Labute approximate surface area is 112 Å². The maximum Gasteiger partial charge on any atom is 0.236 e. The van der Waals surface area contributed by atoms with Gasteiger partial charge in [-0.2, -0.15) is 0 Å². The van der Waals surface area contributed by atoms with Gasteiger partial charge in [0.1, 0.15) is 0 Å². The van der Waals surface area contributed by atoms with E-state index < -0.39 is 0 Å². The van der Waals surface area contributed by atoms with E-state index in [0.717, 1.165) is 32.1 Å². The first-order valence-electron chi connectivity index (χ1n) is 7.38. The van der Waals surface area contributed by atoms with Gasteiger partial charge in [0.2, 0.25) is 11.8 Å². The third kappa shape index (κ3) is 1.37. The van der Waals surface area contributed by atoms with Gasteiger partial charge < -0.3 is 10.5 Å². The van der Waals surface area contributed by atoms with E-state index in [1.807, 2.05) is 0 Å². The van der Waals surface area contributed by atoms with Crippen molar-refractivity contribution in [1.29, 1.82) is 0 Å². The van der Waals surface area contributed by atoms with Crippen molar-refractivity contribution in [2.75, 3.05) is 6.61 Å². The van der Waals surface area contributed by atoms with E-state index >= 15 is 0 Å². The molecule has 0 bridgehead atoms. The molecule has 104 valence electrons.